The second kappa shape index (κ2) is 7.61. The summed E-state index contributed by atoms with van der Waals surface area (Å²) in [7, 11) is 0. The summed E-state index contributed by atoms with van der Waals surface area (Å²) in [6, 6.07) is 4.01. The van der Waals surface area contributed by atoms with Crippen molar-refractivity contribution in [1.29, 1.82) is 0 Å². The summed E-state index contributed by atoms with van der Waals surface area (Å²) >= 11 is 0. The van der Waals surface area contributed by atoms with Crippen LogP contribution in [0.4, 0.5) is 19.0 Å². The minimum absolute atomic E-state index is 0.373. The van der Waals surface area contributed by atoms with E-state index < -0.39 is 18.0 Å². The molecule has 1 unspecified atom stereocenters. The van der Waals surface area contributed by atoms with Crippen molar-refractivity contribution in [3.63, 3.8) is 0 Å². The maximum absolute atomic E-state index is 12.8. The van der Waals surface area contributed by atoms with Gasteiger partial charge in [0.1, 0.15) is 11.5 Å². The SMILES string of the molecule is CC(O)Cc1cn(CC2CCN(c3cccc(C(F)(F)F)n3)CC2)nn1. The fourth-order valence-electron chi connectivity index (χ4n) is 3.19. The highest BCUT2D eigenvalue weighted by Gasteiger charge is 2.33. The van der Waals surface area contributed by atoms with E-state index in [-0.39, 0.29) is 0 Å². The number of pyridine rings is 1. The number of aliphatic hydroxyl groups excluding tert-OH is 1. The van der Waals surface area contributed by atoms with Crippen LogP contribution < -0.4 is 4.90 Å². The van der Waals surface area contributed by atoms with Gasteiger partial charge in [-0.15, -0.1) is 5.10 Å². The molecule has 1 aliphatic rings. The van der Waals surface area contributed by atoms with Gasteiger partial charge >= 0.3 is 6.18 Å². The Hall–Kier alpha value is -2.16. The Kier molecular flexibility index (Phi) is 5.45. The highest BCUT2D eigenvalue weighted by molar-refractivity contribution is 5.40. The molecule has 0 bridgehead atoms. The molecule has 0 aliphatic carbocycles. The number of hydrogen-bond acceptors (Lipinski definition) is 5. The third kappa shape index (κ3) is 4.72. The molecule has 3 heterocycles. The molecule has 1 fully saturated rings. The molecule has 1 N–H and O–H groups in total. The first-order valence-corrected chi connectivity index (χ1v) is 8.67. The smallest absolute Gasteiger partial charge is 0.393 e. The van der Waals surface area contributed by atoms with E-state index in [4.69, 9.17) is 0 Å². The van der Waals surface area contributed by atoms with E-state index in [2.05, 4.69) is 15.3 Å². The highest BCUT2D eigenvalue weighted by atomic mass is 19.4. The van der Waals surface area contributed by atoms with Crippen LogP contribution in [0.1, 0.15) is 31.2 Å². The second-order valence-corrected chi connectivity index (χ2v) is 6.79. The van der Waals surface area contributed by atoms with Crippen molar-refractivity contribution < 1.29 is 18.3 Å². The third-order valence-electron chi connectivity index (χ3n) is 4.50. The highest BCUT2D eigenvalue weighted by Crippen LogP contribution is 2.30. The Balaban J connectivity index is 1.55. The number of nitrogens with zero attached hydrogens (tertiary/aromatic N) is 5. The molecule has 0 aromatic carbocycles. The van der Waals surface area contributed by atoms with Gasteiger partial charge in [-0.1, -0.05) is 11.3 Å². The molecule has 1 atom stereocenters. The van der Waals surface area contributed by atoms with E-state index in [0.29, 0.717) is 31.2 Å². The minimum Gasteiger partial charge on any atom is -0.393 e. The van der Waals surface area contributed by atoms with E-state index >= 15 is 0 Å². The number of hydrogen-bond donors (Lipinski definition) is 1. The van der Waals surface area contributed by atoms with Crippen molar-refractivity contribution >= 4 is 5.82 Å². The van der Waals surface area contributed by atoms with Gasteiger partial charge in [-0.05, 0) is 37.8 Å². The summed E-state index contributed by atoms with van der Waals surface area (Å²) in [6.45, 7) is 3.75. The van der Waals surface area contributed by atoms with E-state index in [1.54, 1.807) is 17.7 Å². The predicted molar refractivity (Wildman–Crippen MR) is 89.6 cm³/mol. The monoisotopic (exact) mass is 369 g/mol. The summed E-state index contributed by atoms with van der Waals surface area (Å²) in [5.41, 5.74) is -0.101. The number of rotatable bonds is 5. The lowest BCUT2D eigenvalue weighted by molar-refractivity contribution is -0.141. The minimum atomic E-state index is -4.43. The zero-order valence-corrected chi connectivity index (χ0v) is 14.5. The van der Waals surface area contributed by atoms with E-state index in [1.807, 2.05) is 11.1 Å². The van der Waals surface area contributed by atoms with Gasteiger partial charge in [0.15, 0.2) is 0 Å². The van der Waals surface area contributed by atoms with Gasteiger partial charge in [-0.3, -0.25) is 4.68 Å². The lowest BCUT2D eigenvalue weighted by atomic mass is 9.97. The zero-order valence-electron chi connectivity index (χ0n) is 14.5. The number of anilines is 1. The van der Waals surface area contributed by atoms with Crippen LogP contribution in [0.5, 0.6) is 0 Å². The Morgan fingerprint density at radius 2 is 2.00 bits per heavy atom. The van der Waals surface area contributed by atoms with Gasteiger partial charge in [0.25, 0.3) is 0 Å². The van der Waals surface area contributed by atoms with Gasteiger partial charge in [0.05, 0.1) is 11.8 Å². The number of aromatic nitrogens is 4. The predicted octanol–water partition coefficient (Wildman–Crippen LogP) is 2.53. The molecule has 0 amide bonds. The number of halogens is 3. The summed E-state index contributed by atoms with van der Waals surface area (Å²) in [6.07, 6.45) is -0.867. The normalized spacial score (nSPS) is 17.5. The first-order valence-electron chi connectivity index (χ1n) is 8.67. The molecular weight excluding hydrogens is 347 g/mol. The summed E-state index contributed by atoms with van der Waals surface area (Å²) < 4.78 is 40.2. The molecule has 1 saturated heterocycles. The Labute approximate surface area is 149 Å². The lowest BCUT2D eigenvalue weighted by Gasteiger charge is -2.32. The van der Waals surface area contributed by atoms with Crippen molar-refractivity contribution in [2.75, 3.05) is 18.0 Å². The van der Waals surface area contributed by atoms with Crippen LogP contribution in [0, 0.1) is 5.92 Å². The molecule has 3 rings (SSSR count). The molecular formula is C17H22F3N5O. The van der Waals surface area contributed by atoms with Crippen LogP contribution in [0.2, 0.25) is 0 Å². The maximum Gasteiger partial charge on any atom is 0.433 e. The lowest BCUT2D eigenvalue weighted by Crippen LogP contribution is -2.35. The first-order chi connectivity index (χ1) is 12.3. The van der Waals surface area contributed by atoms with E-state index in [9.17, 15) is 18.3 Å². The van der Waals surface area contributed by atoms with Crippen molar-refractivity contribution in [3.8, 4) is 0 Å². The summed E-state index contributed by atoms with van der Waals surface area (Å²) in [5, 5.41) is 17.5. The average Bonchev–Trinajstić information content (AvgIpc) is 3.01. The third-order valence-corrected chi connectivity index (χ3v) is 4.50. The maximum atomic E-state index is 12.8. The zero-order chi connectivity index (χ0) is 18.7. The summed E-state index contributed by atoms with van der Waals surface area (Å²) in [4.78, 5) is 5.65. The molecule has 142 valence electrons. The molecule has 0 saturated carbocycles. The fourth-order valence-corrected chi connectivity index (χ4v) is 3.19. The molecule has 9 heteroatoms. The van der Waals surface area contributed by atoms with Gasteiger partial charge < -0.3 is 10.0 Å². The van der Waals surface area contributed by atoms with Gasteiger partial charge in [0, 0.05) is 32.3 Å². The standard InChI is InChI=1S/C17H22F3N5O/c1-12(26)9-14-11-25(23-22-14)10-13-5-7-24(8-6-13)16-4-2-3-15(21-16)17(18,19)20/h2-4,11-13,26H,5-10H2,1H3. The Bertz CT molecular complexity index is 723. The molecule has 0 radical (unpaired) electrons. The molecule has 26 heavy (non-hydrogen) atoms. The number of piperidine rings is 1. The van der Waals surface area contributed by atoms with E-state index in [1.165, 1.54) is 6.07 Å². The first kappa shape index (κ1) is 18.6. The topological polar surface area (TPSA) is 67.1 Å². The fraction of sp³-hybridized carbons (Fsp3) is 0.588. The summed E-state index contributed by atoms with van der Waals surface area (Å²) in [5.74, 6) is 0.761. The van der Waals surface area contributed by atoms with Crippen molar-refractivity contribution in [2.24, 2.45) is 5.92 Å². The van der Waals surface area contributed by atoms with Crippen LogP contribution in [-0.2, 0) is 19.1 Å². The molecule has 0 spiro atoms. The van der Waals surface area contributed by atoms with Crippen LogP contribution in [0.3, 0.4) is 0 Å². The van der Waals surface area contributed by atoms with Crippen LogP contribution in [0.25, 0.3) is 0 Å². The quantitative estimate of drug-likeness (QED) is 0.877. The van der Waals surface area contributed by atoms with Crippen LogP contribution >= 0.6 is 0 Å². The largest absolute Gasteiger partial charge is 0.433 e. The van der Waals surface area contributed by atoms with E-state index in [0.717, 1.165) is 31.1 Å². The van der Waals surface area contributed by atoms with Crippen LogP contribution in [-0.4, -0.2) is 44.3 Å². The van der Waals surface area contributed by atoms with Crippen molar-refractivity contribution in [1.82, 2.24) is 20.0 Å². The Morgan fingerprint density at radius 3 is 2.65 bits per heavy atom. The van der Waals surface area contributed by atoms with Crippen molar-refractivity contribution in [2.45, 2.75) is 45.0 Å². The average molecular weight is 369 g/mol. The van der Waals surface area contributed by atoms with Crippen LogP contribution in [0.15, 0.2) is 24.4 Å². The number of alkyl halides is 3. The molecule has 2 aromatic rings. The van der Waals surface area contributed by atoms with Gasteiger partial charge in [-0.25, -0.2) is 4.98 Å². The number of aliphatic hydroxyl groups is 1. The van der Waals surface area contributed by atoms with Crippen molar-refractivity contribution in [3.05, 3.63) is 35.8 Å². The van der Waals surface area contributed by atoms with Gasteiger partial charge in [0.2, 0.25) is 0 Å². The molecule has 2 aromatic heterocycles. The Morgan fingerprint density at radius 1 is 1.27 bits per heavy atom. The second-order valence-electron chi connectivity index (χ2n) is 6.79. The van der Waals surface area contributed by atoms with Gasteiger partial charge in [-0.2, -0.15) is 13.2 Å². The molecule has 6 nitrogen and oxygen atoms in total. The molecule has 1 aliphatic heterocycles.